The molecule has 1 aliphatic carbocycles. The normalized spacial score (nSPS) is 16.2. The standard InChI is InChI=1S/C15H15FO5/c1-2-15(7-3-4-8-15)21-14(19)20-12-9-10(13(17)18)5-6-11(12)16/h2,5-6,9H,1,3-4,7-8H2,(H,17,18)/p-1. The Kier molecular flexibility index (Phi) is 4.26. The molecule has 0 aromatic heterocycles. The van der Waals surface area contributed by atoms with E-state index in [0.29, 0.717) is 12.8 Å². The van der Waals surface area contributed by atoms with Gasteiger partial charge in [-0.2, -0.15) is 0 Å². The SMILES string of the molecule is C=CC1(OC(=O)Oc2cc(C(=O)[O-])ccc2F)CCCC1. The molecule has 1 fully saturated rings. The molecular weight excluding hydrogens is 279 g/mol. The third-order valence-electron chi connectivity index (χ3n) is 3.47. The molecular formula is C15H14FO5-. The molecule has 1 aliphatic rings. The lowest BCUT2D eigenvalue weighted by atomic mass is 10.0. The first-order chi connectivity index (χ1) is 9.96. The summed E-state index contributed by atoms with van der Waals surface area (Å²) >= 11 is 0. The minimum atomic E-state index is -1.49. The van der Waals surface area contributed by atoms with Crippen molar-refractivity contribution in [1.29, 1.82) is 0 Å². The van der Waals surface area contributed by atoms with Crippen LogP contribution in [0.5, 0.6) is 5.75 Å². The topological polar surface area (TPSA) is 75.7 Å². The summed E-state index contributed by atoms with van der Waals surface area (Å²) in [5, 5.41) is 10.7. The lowest BCUT2D eigenvalue weighted by Crippen LogP contribution is -2.31. The van der Waals surface area contributed by atoms with Gasteiger partial charge in [-0.1, -0.05) is 6.58 Å². The van der Waals surface area contributed by atoms with Crippen molar-refractivity contribution >= 4 is 12.1 Å². The summed E-state index contributed by atoms with van der Waals surface area (Å²) < 4.78 is 23.5. The zero-order valence-corrected chi connectivity index (χ0v) is 11.3. The quantitative estimate of drug-likeness (QED) is 0.483. The van der Waals surface area contributed by atoms with Crippen molar-refractivity contribution in [3.63, 3.8) is 0 Å². The number of rotatable bonds is 4. The van der Waals surface area contributed by atoms with E-state index in [1.807, 2.05) is 0 Å². The maximum atomic E-state index is 13.5. The van der Waals surface area contributed by atoms with Crippen LogP contribution in [0.15, 0.2) is 30.9 Å². The molecule has 0 spiro atoms. The summed E-state index contributed by atoms with van der Waals surface area (Å²) in [6.07, 6.45) is 3.50. The highest BCUT2D eigenvalue weighted by Crippen LogP contribution is 2.34. The Balaban J connectivity index is 2.10. The Hall–Kier alpha value is -2.37. The first kappa shape index (κ1) is 15.0. The van der Waals surface area contributed by atoms with Crippen molar-refractivity contribution in [1.82, 2.24) is 0 Å². The number of hydrogen-bond donors (Lipinski definition) is 0. The Morgan fingerprint density at radius 2 is 2.00 bits per heavy atom. The van der Waals surface area contributed by atoms with Crippen LogP contribution in [0, 0.1) is 5.82 Å². The summed E-state index contributed by atoms with van der Waals surface area (Å²) in [7, 11) is 0. The predicted octanol–water partition coefficient (Wildman–Crippen LogP) is 2.20. The highest BCUT2D eigenvalue weighted by atomic mass is 19.1. The van der Waals surface area contributed by atoms with Crippen LogP contribution in [-0.2, 0) is 4.74 Å². The van der Waals surface area contributed by atoms with E-state index >= 15 is 0 Å². The molecule has 0 atom stereocenters. The van der Waals surface area contributed by atoms with Gasteiger partial charge in [-0.25, -0.2) is 9.18 Å². The molecule has 1 aromatic carbocycles. The first-order valence-electron chi connectivity index (χ1n) is 6.51. The fourth-order valence-electron chi connectivity index (χ4n) is 2.31. The molecule has 0 N–H and O–H groups in total. The zero-order valence-electron chi connectivity index (χ0n) is 11.3. The molecule has 6 heteroatoms. The van der Waals surface area contributed by atoms with Gasteiger partial charge < -0.3 is 19.4 Å². The molecule has 0 saturated heterocycles. The molecule has 0 amide bonds. The van der Waals surface area contributed by atoms with Gasteiger partial charge in [0, 0.05) is 5.56 Å². The fourth-order valence-corrected chi connectivity index (χ4v) is 2.31. The molecule has 2 rings (SSSR count). The Labute approximate surface area is 121 Å². The van der Waals surface area contributed by atoms with Crippen molar-refractivity contribution in [3.8, 4) is 5.75 Å². The van der Waals surface area contributed by atoms with Gasteiger partial charge >= 0.3 is 6.16 Å². The van der Waals surface area contributed by atoms with Gasteiger partial charge in [-0.05, 0) is 50.0 Å². The lowest BCUT2D eigenvalue weighted by Gasteiger charge is -2.24. The molecule has 0 bridgehead atoms. The Morgan fingerprint density at radius 1 is 1.33 bits per heavy atom. The van der Waals surface area contributed by atoms with E-state index in [1.165, 1.54) is 6.08 Å². The van der Waals surface area contributed by atoms with E-state index < -0.39 is 29.3 Å². The first-order valence-corrected chi connectivity index (χ1v) is 6.51. The number of carbonyl (C=O) groups excluding carboxylic acids is 2. The number of carboxylic acids is 1. The second-order valence-electron chi connectivity index (χ2n) is 4.86. The minimum Gasteiger partial charge on any atom is -0.545 e. The maximum absolute atomic E-state index is 13.5. The van der Waals surface area contributed by atoms with Crippen molar-refractivity contribution in [2.75, 3.05) is 0 Å². The largest absolute Gasteiger partial charge is 0.545 e. The van der Waals surface area contributed by atoms with E-state index in [-0.39, 0.29) is 5.56 Å². The molecule has 0 heterocycles. The molecule has 1 aromatic rings. The summed E-state index contributed by atoms with van der Waals surface area (Å²) in [6.45, 7) is 3.64. The molecule has 0 aliphatic heterocycles. The van der Waals surface area contributed by atoms with Gasteiger partial charge in [0.05, 0.1) is 5.97 Å². The number of carbonyl (C=O) groups is 2. The van der Waals surface area contributed by atoms with Crippen molar-refractivity contribution in [3.05, 3.63) is 42.2 Å². The van der Waals surface area contributed by atoms with Crippen LogP contribution in [-0.4, -0.2) is 17.7 Å². The Morgan fingerprint density at radius 3 is 2.57 bits per heavy atom. The average molecular weight is 293 g/mol. The van der Waals surface area contributed by atoms with Gasteiger partial charge in [-0.15, -0.1) is 0 Å². The monoisotopic (exact) mass is 293 g/mol. The summed E-state index contributed by atoms with van der Waals surface area (Å²) in [5.74, 6) is -2.87. The van der Waals surface area contributed by atoms with Crippen LogP contribution in [0.25, 0.3) is 0 Å². The number of carboxylic acid groups (broad SMARTS) is 1. The number of hydrogen-bond acceptors (Lipinski definition) is 5. The molecule has 1 saturated carbocycles. The highest BCUT2D eigenvalue weighted by Gasteiger charge is 2.35. The third-order valence-corrected chi connectivity index (χ3v) is 3.47. The number of ether oxygens (including phenoxy) is 2. The predicted molar refractivity (Wildman–Crippen MR) is 69.2 cm³/mol. The van der Waals surface area contributed by atoms with E-state index in [2.05, 4.69) is 6.58 Å². The van der Waals surface area contributed by atoms with Crippen LogP contribution < -0.4 is 9.84 Å². The summed E-state index contributed by atoms with van der Waals surface area (Å²) in [6, 6.07) is 2.78. The second-order valence-corrected chi connectivity index (χ2v) is 4.86. The van der Waals surface area contributed by atoms with Crippen LogP contribution >= 0.6 is 0 Å². The van der Waals surface area contributed by atoms with Crippen LogP contribution in [0.1, 0.15) is 36.0 Å². The van der Waals surface area contributed by atoms with Gasteiger partial charge in [0.15, 0.2) is 11.6 Å². The van der Waals surface area contributed by atoms with Crippen molar-refractivity contribution < 1.29 is 28.6 Å². The molecule has 21 heavy (non-hydrogen) atoms. The minimum absolute atomic E-state index is 0.293. The van der Waals surface area contributed by atoms with E-state index in [9.17, 15) is 19.1 Å². The smallest absolute Gasteiger partial charge is 0.514 e. The van der Waals surface area contributed by atoms with E-state index in [0.717, 1.165) is 31.0 Å². The van der Waals surface area contributed by atoms with Crippen LogP contribution in [0.3, 0.4) is 0 Å². The lowest BCUT2D eigenvalue weighted by molar-refractivity contribution is -0.255. The third kappa shape index (κ3) is 3.39. The van der Waals surface area contributed by atoms with Crippen LogP contribution in [0.4, 0.5) is 9.18 Å². The zero-order chi connectivity index (χ0) is 15.5. The van der Waals surface area contributed by atoms with Gasteiger partial charge in [0.2, 0.25) is 0 Å². The average Bonchev–Trinajstić information content (AvgIpc) is 2.90. The van der Waals surface area contributed by atoms with Gasteiger partial charge in [0.25, 0.3) is 0 Å². The van der Waals surface area contributed by atoms with Crippen molar-refractivity contribution in [2.24, 2.45) is 0 Å². The maximum Gasteiger partial charge on any atom is 0.514 e. The Bertz CT molecular complexity index is 575. The molecule has 5 nitrogen and oxygen atoms in total. The van der Waals surface area contributed by atoms with Crippen molar-refractivity contribution in [2.45, 2.75) is 31.3 Å². The van der Waals surface area contributed by atoms with Gasteiger partial charge in [0.1, 0.15) is 5.60 Å². The molecule has 0 unspecified atom stereocenters. The summed E-state index contributed by atoms with van der Waals surface area (Å²) in [5.41, 5.74) is -1.09. The van der Waals surface area contributed by atoms with Gasteiger partial charge in [-0.3, -0.25) is 0 Å². The second kappa shape index (κ2) is 5.95. The summed E-state index contributed by atoms with van der Waals surface area (Å²) in [4.78, 5) is 22.5. The fraction of sp³-hybridized carbons (Fsp3) is 0.333. The van der Waals surface area contributed by atoms with E-state index in [1.54, 1.807) is 0 Å². The highest BCUT2D eigenvalue weighted by molar-refractivity contribution is 5.86. The number of aromatic carboxylic acids is 1. The number of benzene rings is 1. The number of halogens is 1. The van der Waals surface area contributed by atoms with Crippen LogP contribution in [0.2, 0.25) is 0 Å². The van der Waals surface area contributed by atoms with E-state index in [4.69, 9.17) is 9.47 Å². The molecule has 0 radical (unpaired) electrons. The molecule has 112 valence electrons.